The van der Waals surface area contributed by atoms with Crippen LogP contribution in [-0.2, 0) is 38.1 Å². The molecule has 0 heterocycles. The Kier molecular flexibility index (Phi) is 13.5. The van der Waals surface area contributed by atoms with E-state index in [1.54, 1.807) is 27.7 Å². The smallest absolute Gasteiger partial charge is 0.316 e. The number of aliphatic hydroxyl groups excluding tert-OH is 2. The zero-order chi connectivity index (χ0) is 26.6. The van der Waals surface area contributed by atoms with E-state index < -0.39 is 61.5 Å². The van der Waals surface area contributed by atoms with Gasteiger partial charge >= 0.3 is 23.9 Å². The van der Waals surface area contributed by atoms with Gasteiger partial charge in [-0.2, -0.15) is 0 Å². The average molecular weight is 487 g/mol. The van der Waals surface area contributed by atoms with Crippen molar-refractivity contribution >= 4 is 23.9 Å². The Morgan fingerprint density at radius 3 is 1.15 bits per heavy atom. The summed E-state index contributed by atoms with van der Waals surface area (Å²) in [6, 6.07) is 0. The van der Waals surface area contributed by atoms with Crippen molar-refractivity contribution in [3.05, 3.63) is 33.2 Å². The summed E-state index contributed by atoms with van der Waals surface area (Å²) in [5.41, 5.74) is 0.978. The van der Waals surface area contributed by atoms with Crippen LogP contribution in [-0.4, -0.2) is 85.8 Å². The number of ether oxygens (including phenoxy) is 4. The van der Waals surface area contributed by atoms with E-state index in [9.17, 15) is 29.4 Å². The van der Waals surface area contributed by atoms with Crippen LogP contribution in [0.15, 0.2) is 22.5 Å². The largest absolute Gasteiger partial charge is 0.681 e. The molecule has 0 aromatic rings. The lowest BCUT2D eigenvalue weighted by molar-refractivity contribution is -0.184. The summed E-state index contributed by atoms with van der Waals surface area (Å²) < 4.78 is 20.2. The number of aliphatic hydroxyl groups is 2. The molecule has 0 fully saturated rings. The molecule has 12 nitrogen and oxygen atoms in total. The van der Waals surface area contributed by atoms with E-state index in [-0.39, 0.29) is 11.4 Å². The molecule has 2 N–H and O–H groups in total. The Morgan fingerprint density at radius 1 is 0.647 bits per heavy atom. The lowest BCUT2D eigenvalue weighted by Crippen LogP contribution is -2.51. The first kappa shape index (κ1) is 30.9. The van der Waals surface area contributed by atoms with E-state index in [2.05, 4.69) is 10.6 Å². The molecule has 34 heavy (non-hydrogen) atoms. The van der Waals surface area contributed by atoms with Crippen LogP contribution in [0.5, 0.6) is 0 Å². The number of hydrogen-bond donors (Lipinski definition) is 2. The van der Waals surface area contributed by atoms with Crippen molar-refractivity contribution in [3.8, 4) is 0 Å². The topological polar surface area (TPSA) is 174 Å². The Bertz CT molecular complexity index is 732. The fourth-order valence-corrected chi connectivity index (χ4v) is 2.67. The molecule has 12 heteroatoms. The highest BCUT2D eigenvalue weighted by molar-refractivity contribution is 5.92. The number of esters is 4. The normalized spacial score (nSPS) is 13.8. The van der Waals surface area contributed by atoms with Gasteiger partial charge in [-0.05, 0) is 27.7 Å². The molecule has 0 radical (unpaired) electrons. The van der Waals surface area contributed by atoms with E-state index in [0.717, 1.165) is 13.8 Å². The molecular formula is C22H34N2O10-2. The Balaban J connectivity index is 5.93. The summed E-state index contributed by atoms with van der Waals surface area (Å²) in [5, 5.41) is 29.1. The number of likely N-dealkylation sites (N-methyl/N-ethyl adjacent to an activating group) is 2. The van der Waals surface area contributed by atoms with Gasteiger partial charge in [0.25, 0.3) is 0 Å². The number of hydrogen-bond acceptors (Lipinski definition) is 10. The van der Waals surface area contributed by atoms with Gasteiger partial charge in [0.2, 0.25) is 0 Å². The molecule has 0 spiro atoms. The standard InChI is InChI=1S/C22H34N2O10/c1-11(2)17(23-7)21(29)33-15(9-31-13(5)25)19(27)20(28)16(10-32-14(6)26)34-22(30)18(24-8)12(3)4/h15-16,19-20,27-28H,9-10H2,1-8H3/q-2/t15-,16-,19-,20-/m1/s1. The molecule has 0 aliphatic heterocycles. The minimum Gasteiger partial charge on any atom is -0.681 e. The zero-order valence-corrected chi connectivity index (χ0v) is 20.8. The first-order chi connectivity index (χ1) is 15.8. The van der Waals surface area contributed by atoms with Crippen LogP contribution in [0.3, 0.4) is 0 Å². The molecule has 0 aromatic heterocycles. The minimum atomic E-state index is -1.92. The molecule has 194 valence electrons. The van der Waals surface area contributed by atoms with E-state index >= 15 is 0 Å². The SMILES string of the molecule is C[N-]C(C(=O)O[C@H](COC(C)=O)[C@@H](O)[C@H](O)[C@@H](COC(C)=O)OC(=O)C([N-]C)=C(C)C)=C(C)C. The van der Waals surface area contributed by atoms with Crippen molar-refractivity contribution in [1.82, 2.24) is 0 Å². The third-order valence-corrected chi connectivity index (χ3v) is 4.31. The summed E-state index contributed by atoms with van der Waals surface area (Å²) in [6.07, 6.45) is -6.97. The van der Waals surface area contributed by atoms with E-state index in [1.165, 1.54) is 14.1 Å². The Hall–Kier alpha value is -3.12. The van der Waals surface area contributed by atoms with Gasteiger partial charge in [0.05, 0.1) is 0 Å². The maximum Gasteiger partial charge on any atom is 0.316 e. The molecule has 0 amide bonds. The quantitative estimate of drug-likeness (QED) is 0.219. The monoisotopic (exact) mass is 486 g/mol. The van der Waals surface area contributed by atoms with Crippen LogP contribution in [0.2, 0.25) is 0 Å². The molecule has 0 aromatic carbocycles. The average Bonchev–Trinajstić information content (AvgIpc) is 2.73. The van der Waals surface area contributed by atoms with Crippen LogP contribution in [0, 0.1) is 0 Å². The van der Waals surface area contributed by atoms with Gasteiger partial charge in [-0.1, -0.05) is 22.5 Å². The van der Waals surface area contributed by atoms with Gasteiger partial charge in [-0.3, -0.25) is 9.59 Å². The minimum absolute atomic E-state index is 0.0323. The summed E-state index contributed by atoms with van der Waals surface area (Å²) >= 11 is 0. The van der Waals surface area contributed by atoms with E-state index in [4.69, 9.17) is 18.9 Å². The van der Waals surface area contributed by atoms with Crippen molar-refractivity contribution in [2.75, 3.05) is 27.3 Å². The first-order valence-electron chi connectivity index (χ1n) is 10.4. The van der Waals surface area contributed by atoms with Crippen LogP contribution in [0.1, 0.15) is 41.5 Å². The van der Waals surface area contributed by atoms with Crippen molar-refractivity contribution in [3.63, 3.8) is 0 Å². The molecule has 0 unspecified atom stereocenters. The lowest BCUT2D eigenvalue weighted by atomic mass is 10.0. The number of rotatable bonds is 13. The number of allylic oxidation sites excluding steroid dienone is 2. The predicted octanol–water partition coefficient (Wildman–Crippen LogP) is 1.25. The number of nitrogens with zero attached hydrogens (tertiary/aromatic N) is 2. The fraction of sp³-hybridized carbons (Fsp3) is 0.636. The molecule has 0 saturated heterocycles. The lowest BCUT2D eigenvalue weighted by Gasteiger charge is -2.33. The molecule has 0 aliphatic rings. The second-order valence-corrected chi connectivity index (χ2v) is 7.62. The van der Waals surface area contributed by atoms with Crippen LogP contribution in [0.4, 0.5) is 0 Å². The van der Waals surface area contributed by atoms with Crippen molar-refractivity contribution in [1.29, 1.82) is 0 Å². The third-order valence-electron chi connectivity index (χ3n) is 4.31. The summed E-state index contributed by atoms with van der Waals surface area (Å²) in [5.74, 6) is -3.33. The zero-order valence-electron chi connectivity index (χ0n) is 20.8. The van der Waals surface area contributed by atoms with Crippen molar-refractivity contribution < 1.29 is 48.3 Å². The van der Waals surface area contributed by atoms with Gasteiger partial charge in [0, 0.05) is 13.8 Å². The highest BCUT2D eigenvalue weighted by Crippen LogP contribution is 2.19. The van der Waals surface area contributed by atoms with Gasteiger partial charge in [-0.15, -0.1) is 14.1 Å². The maximum absolute atomic E-state index is 12.5. The summed E-state index contributed by atoms with van der Waals surface area (Å²) in [4.78, 5) is 47.5. The summed E-state index contributed by atoms with van der Waals surface area (Å²) in [6.45, 7) is 7.44. The Labute approximate surface area is 199 Å². The van der Waals surface area contributed by atoms with Crippen molar-refractivity contribution in [2.45, 2.75) is 66.0 Å². The Morgan fingerprint density at radius 2 is 0.941 bits per heavy atom. The van der Waals surface area contributed by atoms with Crippen LogP contribution < -0.4 is 0 Å². The summed E-state index contributed by atoms with van der Waals surface area (Å²) in [7, 11) is 2.73. The second kappa shape index (κ2) is 14.9. The molecule has 0 bridgehead atoms. The first-order valence-corrected chi connectivity index (χ1v) is 10.4. The second-order valence-electron chi connectivity index (χ2n) is 7.62. The number of carbonyl (C=O) groups excluding carboxylic acids is 4. The highest BCUT2D eigenvalue weighted by atomic mass is 16.6. The van der Waals surface area contributed by atoms with Gasteiger partial charge < -0.3 is 39.8 Å². The molecule has 0 aliphatic carbocycles. The molecule has 4 atom stereocenters. The van der Waals surface area contributed by atoms with Crippen LogP contribution in [0.25, 0.3) is 10.6 Å². The van der Waals surface area contributed by atoms with Crippen LogP contribution >= 0.6 is 0 Å². The molecule has 0 rings (SSSR count). The van der Waals surface area contributed by atoms with Crippen molar-refractivity contribution in [2.24, 2.45) is 0 Å². The highest BCUT2D eigenvalue weighted by Gasteiger charge is 2.38. The van der Waals surface area contributed by atoms with E-state index in [1.807, 2.05) is 0 Å². The third kappa shape index (κ3) is 10.2. The van der Waals surface area contributed by atoms with Gasteiger partial charge in [0.1, 0.15) is 25.4 Å². The fourth-order valence-electron chi connectivity index (χ4n) is 2.67. The predicted molar refractivity (Wildman–Crippen MR) is 120 cm³/mol. The van der Waals surface area contributed by atoms with Gasteiger partial charge in [-0.25, -0.2) is 9.59 Å². The maximum atomic E-state index is 12.5. The number of carbonyl (C=O) groups is 4. The van der Waals surface area contributed by atoms with E-state index in [0.29, 0.717) is 11.1 Å². The molecular weight excluding hydrogens is 452 g/mol. The molecule has 0 saturated carbocycles. The van der Waals surface area contributed by atoms with Gasteiger partial charge in [0.15, 0.2) is 12.2 Å².